The van der Waals surface area contributed by atoms with E-state index in [-0.39, 0.29) is 77.0 Å². The van der Waals surface area contributed by atoms with Gasteiger partial charge in [0.2, 0.25) is 70.9 Å². The van der Waals surface area contributed by atoms with Crippen molar-refractivity contribution in [1.29, 1.82) is 0 Å². The number of hydrogen-bond acceptors (Lipinski definition) is 13. The molecule has 2 unspecified atom stereocenters. The van der Waals surface area contributed by atoms with Crippen molar-refractivity contribution in [3.05, 3.63) is 12.2 Å². The normalized spacial score (nSPS) is 32.8. The fraction of sp³-hybridized carbons (Fsp3) is 0.821. The van der Waals surface area contributed by atoms with Crippen LogP contribution in [0.3, 0.4) is 0 Å². The summed E-state index contributed by atoms with van der Waals surface area (Å²) < 4.78 is 79.2. The number of nitrogens with zero attached hydrogens (tertiary/aromatic N) is 10. The summed E-state index contributed by atoms with van der Waals surface area (Å²) >= 11 is 0. The second-order valence-corrected chi connectivity index (χ2v) is 32.7. The molecule has 12 atom stereocenters. The number of carbonyl (C=O) groups is 12. The number of amides is 12. The summed E-state index contributed by atoms with van der Waals surface area (Å²) in [6, 6.07) is -10.4. The van der Waals surface area contributed by atoms with Crippen LogP contribution in [0.1, 0.15) is 202 Å². The lowest BCUT2D eigenvalue weighted by atomic mass is 9.73. The fourth-order valence-electron chi connectivity index (χ4n) is 18.1. The summed E-state index contributed by atoms with van der Waals surface area (Å²) in [5, 5.41) is 5.67. The highest BCUT2D eigenvalue weighted by molar-refractivity contribution is 6.01. The topological polar surface area (TPSA) is 271 Å². The van der Waals surface area contributed by atoms with Gasteiger partial charge in [0.1, 0.15) is 72.1 Å². The number of piperidine rings is 1. The first-order valence-electron chi connectivity index (χ1n) is 40.0. The highest BCUT2D eigenvalue weighted by Crippen LogP contribution is 2.46. The van der Waals surface area contributed by atoms with E-state index in [1.807, 2.05) is 19.9 Å². The molecule has 25 nitrogen and oxygen atoms in total. The van der Waals surface area contributed by atoms with Gasteiger partial charge in [-0.2, -0.15) is 13.2 Å². The number of nitrogens with one attached hydrogen (secondary N) is 2. The lowest BCUT2D eigenvalue weighted by Crippen LogP contribution is -2.68. The smallest absolute Gasteiger partial charge is 0.377 e. The van der Waals surface area contributed by atoms with Gasteiger partial charge in [0, 0.05) is 88.5 Å². The van der Waals surface area contributed by atoms with Crippen LogP contribution < -0.4 is 10.6 Å². The lowest BCUT2D eigenvalue weighted by Gasteiger charge is -2.51. The number of ether oxygens (including phenoxy) is 1. The molecule has 4 aliphatic carbocycles. The maximum Gasteiger partial charge on any atom is 0.397 e. The third-order valence-corrected chi connectivity index (χ3v) is 25.4. The number of carbonyl (C=O) groups excluding carboxylic acids is 12. The van der Waals surface area contributed by atoms with Crippen molar-refractivity contribution < 1.29 is 84.2 Å². The number of likely N-dealkylation sites (N-methyl/N-ethyl adjacent to an activating group) is 7. The third-order valence-electron chi connectivity index (χ3n) is 25.4. The molecule has 2 bridgehead atoms. The van der Waals surface area contributed by atoms with E-state index in [1.54, 1.807) is 24.8 Å². The molecule has 7 fully saturated rings. The molecule has 0 aromatic heterocycles. The van der Waals surface area contributed by atoms with Crippen LogP contribution in [-0.2, 0) is 62.3 Å². The zero-order valence-corrected chi connectivity index (χ0v) is 66.0. The van der Waals surface area contributed by atoms with Crippen molar-refractivity contribution in [1.82, 2.24) is 59.6 Å². The first-order chi connectivity index (χ1) is 51.1. The van der Waals surface area contributed by atoms with Crippen molar-refractivity contribution in [2.75, 3.05) is 95.2 Å². The Bertz CT molecular complexity index is 3200. The summed E-state index contributed by atoms with van der Waals surface area (Å²) in [7, 11) is 10.0. The molecule has 2 N–H and O–H groups in total. The second-order valence-electron chi connectivity index (χ2n) is 32.7. The molecule has 12 amide bonds. The summed E-state index contributed by atoms with van der Waals surface area (Å²) in [5.41, 5.74) is -1.59. The summed E-state index contributed by atoms with van der Waals surface area (Å²) in [5.74, 6) is -12.5. The molecular formula is C78H123F5N12O13. The minimum absolute atomic E-state index is 0.0191. The van der Waals surface area contributed by atoms with Gasteiger partial charge in [-0.05, 0) is 139 Å². The van der Waals surface area contributed by atoms with Gasteiger partial charge in [0.15, 0.2) is 0 Å². The maximum atomic E-state index is 15.9. The Kier molecular flexibility index (Phi) is 30.7. The lowest BCUT2D eigenvalue weighted by molar-refractivity contribution is -0.219. The summed E-state index contributed by atoms with van der Waals surface area (Å²) in [4.78, 5) is 196. The van der Waals surface area contributed by atoms with Crippen LogP contribution in [0.4, 0.5) is 22.0 Å². The van der Waals surface area contributed by atoms with Crippen molar-refractivity contribution in [2.45, 2.75) is 280 Å². The van der Waals surface area contributed by atoms with Gasteiger partial charge >= 0.3 is 6.18 Å². The predicted molar refractivity (Wildman–Crippen MR) is 393 cm³/mol. The van der Waals surface area contributed by atoms with Crippen molar-refractivity contribution in [3.63, 3.8) is 0 Å². The number of likely N-dealkylation sites (tertiary alicyclic amines) is 1. The monoisotopic (exact) mass is 1530 g/mol. The molecular weight excluding hydrogens is 1410 g/mol. The van der Waals surface area contributed by atoms with Gasteiger partial charge in [-0.15, -0.1) is 0 Å². The van der Waals surface area contributed by atoms with Crippen molar-refractivity contribution in [3.8, 4) is 0 Å². The fourth-order valence-corrected chi connectivity index (χ4v) is 18.1. The SMILES string of the molecule is CCC[C@H]1C(=O)N[C@@H]([C@@H](C)CC)C(=O)N(C)CC(=O)N(C)[C@H]2C/C=C\CCN(C2=O)[C@@H](CC2CCC(C)CC2)C(=O)N(C)CC(=O)N[C@@H](CCC2CC(F)C(C(F)(F)F)C(F)C2)C(=O)N2C[C@H](OCC)C[C@H]2C(=O)N(C)C2(CCC2)C(=O)N(C)[C@@H](C2CCCC2)C(=O)N(C)[C@H](C(=O)N2CCCCC2)CC(=O)N1C. The molecule has 4 aliphatic heterocycles. The van der Waals surface area contributed by atoms with Crippen LogP contribution in [0.25, 0.3) is 0 Å². The zero-order chi connectivity index (χ0) is 79.4. The minimum atomic E-state index is -5.17. The molecule has 8 aliphatic rings. The number of hydrogen-bond donors (Lipinski definition) is 2. The molecule has 0 radical (unpaired) electrons. The van der Waals surface area contributed by atoms with E-state index in [4.69, 9.17) is 4.74 Å². The average Bonchev–Trinajstić information content (AvgIpc) is 1.18. The molecule has 1 spiro atoms. The van der Waals surface area contributed by atoms with E-state index in [0.717, 1.165) is 37.0 Å². The van der Waals surface area contributed by atoms with Gasteiger partial charge in [-0.25, -0.2) is 8.78 Å². The van der Waals surface area contributed by atoms with Crippen LogP contribution in [-0.4, -0.2) is 294 Å². The first kappa shape index (κ1) is 86.6. The number of fused-ring (bicyclic) bond motifs is 3. The van der Waals surface area contributed by atoms with Gasteiger partial charge in [0.05, 0.1) is 25.6 Å². The minimum Gasteiger partial charge on any atom is -0.377 e. The van der Waals surface area contributed by atoms with Crippen LogP contribution in [0.15, 0.2) is 12.2 Å². The maximum absolute atomic E-state index is 15.9. The Balaban J connectivity index is 1.21. The van der Waals surface area contributed by atoms with Crippen LogP contribution in [0.5, 0.6) is 0 Å². The van der Waals surface area contributed by atoms with Gasteiger partial charge in [-0.1, -0.05) is 91.2 Å². The number of rotatable bonds is 13. The largest absolute Gasteiger partial charge is 0.397 e. The number of alkyl halides is 5. The van der Waals surface area contributed by atoms with Crippen LogP contribution in [0, 0.1) is 35.5 Å². The quantitative estimate of drug-likeness (QED) is 0.142. The van der Waals surface area contributed by atoms with Gasteiger partial charge in [0.25, 0.3) is 0 Å². The molecule has 608 valence electrons. The molecule has 0 aromatic carbocycles. The van der Waals surface area contributed by atoms with E-state index in [2.05, 4.69) is 17.6 Å². The highest BCUT2D eigenvalue weighted by Gasteiger charge is 2.58. The molecule has 8 rings (SSSR count). The van der Waals surface area contributed by atoms with Gasteiger partial charge < -0.3 is 64.4 Å². The Morgan fingerprint density at radius 2 is 1.26 bits per heavy atom. The molecule has 108 heavy (non-hydrogen) atoms. The zero-order valence-electron chi connectivity index (χ0n) is 66.0. The molecule has 3 saturated heterocycles. The second kappa shape index (κ2) is 38.3. The molecule has 4 heterocycles. The predicted octanol–water partition coefficient (Wildman–Crippen LogP) is 6.83. The molecule has 30 heteroatoms. The highest BCUT2D eigenvalue weighted by atomic mass is 19.4. The number of halogens is 5. The van der Waals surface area contributed by atoms with Crippen molar-refractivity contribution in [2.24, 2.45) is 35.5 Å². The summed E-state index contributed by atoms with van der Waals surface area (Å²) in [6.45, 7) is 8.66. The van der Waals surface area contributed by atoms with Crippen LogP contribution in [0.2, 0.25) is 0 Å². The Labute approximate surface area is 635 Å². The van der Waals surface area contributed by atoms with E-state index < -0.39 is 205 Å². The standard InChI is InChI=1S/C78H123F5N12O13/c1-13-25-57-68(99)85-66(49(5)14-2)74(105)87(7)47-64(98)89(9)58-28-18-16-23-39-94(73(58)104)60(42-50-31-29-48(4)30-32-50)70(101)86(6)46-62(96)84-56(34-33-51-40-54(79)65(55(80)41-51)78(81,82)83)69(100)95-45-53(108-15-3)43-61(95)71(102)92(12)77(35-24-36-77)76(107)91(11)67(52-26-19-20-27-52)75(106)90(10)59(44-63(97)88(57)8)72(103)93-37-21-17-22-38-93/h16,18,48-61,65-67H,13-15,17,19-47H2,1-12H3,(H,84,96)(H,85,99)/b18-16-/t48?,49-,50?,51?,53+,54?,55?,56-,57-,58-,59-,60-,61-,65?,66-,67-/m0/s1. The van der Waals surface area contributed by atoms with E-state index >= 15 is 47.1 Å². The Morgan fingerprint density at radius 1 is 0.620 bits per heavy atom. The third kappa shape index (κ3) is 20.2. The Morgan fingerprint density at radius 3 is 1.85 bits per heavy atom. The average molecular weight is 1530 g/mol. The first-order valence-corrected chi connectivity index (χ1v) is 40.0. The van der Waals surface area contributed by atoms with Crippen LogP contribution >= 0.6 is 0 Å². The van der Waals surface area contributed by atoms with E-state index in [0.29, 0.717) is 83.2 Å². The van der Waals surface area contributed by atoms with Crippen molar-refractivity contribution >= 4 is 70.9 Å². The van der Waals surface area contributed by atoms with E-state index in [1.165, 1.54) is 88.5 Å². The Hall–Kier alpha value is -7.01. The van der Waals surface area contributed by atoms with E-state index in [9.17, 15) is 32.3 Å². The molecule has 0 aromatic rings. The summed E-state index contributed by atoms with van der Waals surface area (Å²) in [6.07, 6.45) is -0.282. The van der Waals surface area contributed by atoms with Gasteiger partial charge in [-0.3, -0.25) is 57.5 Å². The molecule has 4 saturated carbocycles.